The van der Waals surface area contributed by atoms with Gasteiger partial charge in [0, 0.05) is 11.9 Å². The summed E-state index contributed by atoms with van der Waals surface area (Å²) in [5.74, 6) is 0. The number of nitrogens with zero attached hydrogens (tertiary/aromatic N) is 2. The van der Waals surface area contributed by atoms with Crippen molar-refractivity contribution in [2.24, 2.45) is 0 Å². The summed E-state index contributed by atoms with van der Waals surface area (Å²) in [5.41, 5.74) is 4.06. The molecule has 0 aliphatic rings. The second-order valence-electron chi connectivity index (χ2n) is 5.50. The molecule has 0 aliphatic carbocycles. The number of fused-ring (bicyclic) bond motifs is 1. The quantitative estimate of drug-likeness (QED) is 0.798. The minimum absolute atomic E-state index is 0.247. The number of pyridine rings is 1. The Balaban J connectivity index is 2.01. The van der Waals surface area contributed by atoms with Crippen molar-refractivity contribution in [2.45, 2.75) is 32.1 Å². The molecular formula is C17H19N3O2S. The highest BCUT2D eigenvalue weighted by Gasteiger charge is 2.17. The lowest BCUT2D eigenvalue weighted by Crippen LogP contribution is -2.13. The highest BCUT2D eigenvalue weighted by Crippen LogP contribution is 2.22. The van der Waals surface area contributed by atoms with Crippen molar-refractivity contribution in [3.05, 3.63) is 59.5 Å². The van der Waals surface area contributed by atoms with Crippen LogP contribution in [0.25, 0.3) is 5.65 Å². The van der Waals surface area contributed by atoms with Gasteiger partial charge < -0.3 is 4.40 Å². The monoisotopic (exact) mass is 329 g/mol. The molecule has 3 rings (SSSR count). The largest absolute Gasteiger partial charge is 0.302 e. The zero-order valence-electron chi connectivity index (χ0n) is 13.4. The van der Waals surface area contributed by atoms with Gasteiger partial charge >= 0.3 is 0 Å². The van der Waals surface area contributed by atoms with Gasteiger partial charge in [-0.05, 0) is 50.1 Å². The summed E-state index contributed by atoms with van der Waals surface area (Å²) < 4.78 is 29.7. The number of rotatable bonds is 4. The van der Waals surface area contributed by atoms with Crippen molar-refractivity contribution in [1.82, 2.24) is 9.38 Å². The lowest BCUT2D eigenvalue weighted by Gasteiger charge is -2.09. The minimum atomic E-state index is -3.64. The summed E-state index contributed by atoms with van der Waals surface area (Å²) in [6.07, 6.45) is 2.75. The molecule has 3 aromatic rings. The number of aryl methyl sites for hydroxylation is 3. The Bertz CT molecular complexity index is 957. The number of hydrogen-bond donors (Lipinski definition) is 1. The first-order valence-corrected chi connectivity index (χ1v) is 8.96. The van der Waals surface area contributed by atoms with Crippen LogP contribution in [0.2, 0.25) is 0 Å². The molecule has 1 N–H and O–H groups in total. The molecule has 23 heavy (non-hydrogen) atoms. The highest BCUT2D eigenvalue weighted by atomic mass is 32.2. The van der Waals surface area contributed by atoms with Gasteiger partial charge in [0.1, 0.15) is 0 Å². The van der Waals surface area contributed by atoms with Gasteiger partial charge in [0.2, 0.25) is 0 Å². The van der Waals surface area contributed by atoms with E-state index >= 15 is 0 Å². The van der Waals surface area contributed by atoms with Gasteiger partial charge in [-0.15, -0.1) is 0 Å². The molecule has 1 aromatic carbocycles. The lowest BCUT2D eigenvalue weighted by atomic mass is 10.2. The van der Waals surface area contributed by atoms with Crippen LogP contribution in [-0.4, -0.2) is 17.8 Å². The van der Waals surface area contributed by atoms with Crippen LogP contribution in [0.1, 0.15) is 23.9 Å². The fraction of sp³-hybridized carbons (Fsp3) is 0.235. The van der Waals surface area contributed by atoms with Crippen molar-refractivity contribution in [1.29, 1.82) is 0 Å². The molecule has 0 aliphatic heterocycles. The normalized spacial score (nSPS) is 11.8. The van der Waals surface area contributed by atoms with Crippen molar-refractivity contribution >= 4 is 21.4 Å². The molecule has 0 saturated heterocycles. The zero-order chi connectivity index (χ0) is 16.6. The summed E-state index contributed by atoms with van der Waals surface area (Å²) in [4.78, 5) is 4.70. The first-order valence-electron chi connectivity index (χ1n) is 7.48. The van der Waals surface area contributed by atoms with E-state index in [0.717, 1.165) is 23.4 Å². The van der Waals surface area contributed by atoms with Gasteiger partial charge in [-0.1, -0.05) is 19.1 Å². The molecule has 0 radical (unpaired) electrons. The van der Waals surface area contributed by atoms with Crippen LogP contribution in [0, 0.1) is 13.8 Å². The lowest BCUT2D eigenvalue weighted by molar-refractivity contribution is 0.601. The van der Waals surface area contributed by atoms with Gasteiger partial charge in [-0.25, -0.2) is 13.4 Å². The SMILES string of the molecule is CCc1ccc(S(=O)(=O)Nc2cccn3c(C)c(C)nc23)cc1. The molecule has 0 saturated carbocycles. The first-order chi connectivity index (χ1) is 10.9. The van der Waals surface area contributed by atoms with E-state index in [1.54, 1.807) is 24.3 Å². The van der Waals surface area contributed by atoms with Gasteiger partial charge in [-0.2, -0.15) is 0 Å². The zero-order valence-corrected chi connectivity index (χ0v) is 14.2. The molecule has 0 bridgehead atoms. The first kappa shape index (κ1) is 15.6. The number of anilines is 1. The maximum Gasteiger partial charge on any atom is 0.262 e. The van der Waals surface area contributed by atoms with Crippen LogP contribution < -0.4 is 4.72 Å². The Morgan fingerprint density at radius 1 is 1.13 bits per heavy atom. The average molecular weight is 329 g/mol. The van der Waals surface area contributed by atoms with E-state index in [1.807, 2.05) is 43.5 Å². The maximum absolute atomic E-state index is 12.6. The molecule has 6 heteroatoms. The highest BCUT2D eigenvalue weighted by molar-refractivity contribution is 7.92. The topological polar surface area (TPSA) is 63.5 Å². The van der Waals surface area contributed by atoms with E-state index in [0.29, 0.717) is 11.3 Å². The van der Waals surface area contributed by atoms with Crippen LogP contribution in [0.5, 0.6) is 0 Å². The van der Waals surface area contributed by atoms with Gasteiger partial charge in [0.15, 0.2) is 5.65 Å². The van der Waals surface area contributed by atoms with Gasteiger partial charge in [0.25, 0.3) is 10.0 Å². The molecule has 120 valence electrons. The van der Waals surface area contributed by atoms with Gasteiger partial charge in [-0.3, -0.25) is 4.72 Å². The summed E-state index contributed by atoms with van der Waals surface area (Å²) in [6.45, 7) is 5.90. The van der Waals surface area contributed by atoms with E-state index in [1.165, 1.54) is 0 Å². The number of nitrogens with one attached hydrogen (secondary N) is 1. The Morgan fingerprint density at radius 2 is 1.83 bits per heavy atom. The third-order valence-electron chi connectivity index (χ3n) is 4.01. The van der Waals surface area contributed by atoms with Crippen LogP contribution >= 0.6 is 0 Å². The van der Waals surface area contributed by atoms with E-state index in [-0.39, 0.29) is 4.90 Å². The molecule has 0 atom stereocenters. The number of benzene rings is 1. The predicted octanol–water partition coefficient (Wildman–Crippen LogP) is 3.31. The third kappa shape index (κ3) is 2.82. The number of imidazole rings is 1. The Kier molecular flexibility index (Phi) is 3.85. The van der Waals surface area contributed by atoms with Crippen molar-refractivity contribution in [3.63, 3.8) is 0 Å². The number of hydrogen-bond acceptors (Lipinski definition) is 3. The van der Waals surface area contributed by atoms with Crippen LogP contribution in [0.4, 0.5) is 5.69 Å². The summed E-state index contributed by atoms with van der Waals surface area (Å²) in [6, 6.07) is 10.4. The van der Waals surface area contributed by atoms with Crippen molar-refractivity contribution in [2.75, 3.05) is 4.72 Å². The van der Waals surface area contributed by atoms with Gasteiger partial charge in [0.05, 0.1) is 16.3 Å². The molecule has 5 nitrogen and oxygen atoms in total. The fourth-order valence-corrected chi connectivity index (χ4v) is 3.55. The third-order valence-corrected chi connectivity index (χ3v) is 5.39. The van der Waals surface area contributed by atoms with E-state index in [9.17, 15) is 8.42 Å². The molecule has 0 unspecified atom stereocenters. The van der Waals surface area contributed by atoms with E-state index in [2.05, 4.69) is 9.71 Å². The predicted molar refractivity (Wildman–Crippen MR) is 91.3 cm³/mol. The average Bonchev–Trinajstić information content (AvgIpc) is 2.84. The van der Waals surface area contributed by atoms with Crippen LogP contribution in [-0.2, 0) is 16.4 Å². The molecule has 2 heterocycles. The molecule has 0 amide bonds. The fourth-order valence-electron chi connectivity index (χ4n) is 2.49. The molecular weight excluding hydrogens is 310 g/mol. The second kappa shape index (κ2) is 5.70. The number of sulfonamides is 1. The van der Waals surface area contributed by atoms with Crippen molar-refractivity contribution in [3.8, 4) is 0 Å². The van der Waals surface area contributed by atoms with Crippen molar-refractivity contribution < 1.29 is 8.42 Å². The minimum Gasteiger partial charge on any atom is -0.302 e. The molecule has 0 spiro atoms. The Labute approximate surface area is 136 Å². The standard InChI is InChI=1S/C17H19N3O2S/c1-4-14-7-9-15(10-8-14)23(21,22)19-16-6-5-11-20-13(3)12(2)18-17(16)20/h5-11,19H,4H2,1-3H3. The Hall–Kier alpha value is -2.34. The Morgan fingerprint density at radius 3 is 2.48 bits per heavy atom. The second-order valence-corrected chi connectivity index (χ2v) is 7.18. The smallest absolute Gasteiger partial charge is 0.262 e. The van der Waals surface area contributed by atoms with E-state index in [4.69, 9.17) is 0 Å². The van der Waals surface area contributed by atoms with E-state index < -0.39 is 10.0 Å². The summed E-state index contributed by atoms with van der Waals surface area (Å²) in [5, 5.41) is 0. The summed E-state index contributed by atoms with van der Waals surface area (Å²) in [7, 11) is -3.64. The molecule has 2 aromatic heterocycles. The summed E-state index contributed by atoms with van der Waals surface area (Å²) >= 11 is 0. The number of aromatic nitrogens is 2. The molecule has 0 fully saturated rings. The van der Waals surface area contributed by atoms with Crippen LogP contribution in [0.15, 0.2) is 47.5 Å². The van der Waals surface area contributed by atoms with Crippen LogP contribution in [0.3, 0.4) is 0 Å². The maximum atomic E-state index is 12.6.